The predicted octanol–water partition coefficient (Wildman–Crippen LogP) is 4.03. The van der Waals surface area contributed by atoms with Crippen LogP contribution in [0.15, 0.2) is 41.0 Å². The highest BCUT2D eigenvalue weighted by atomic mass is 32.1. The number of benzene rings is 1. The molecule has 0 saturated heterocycles. The Morgan fingerprint density at radius 3 is 2.86 bits per heavy atom. The van der Waals surface area contributed by atoms with Crippen molar-refractivity contribution < 1.29 is 8.81 Å². The molecule has 2 rings (SSSR count). The first-order valence-electron chi connectivity index (χ1n) is 6.90. The van der Waals surface area contributed by atoms with Gasteiger partial charge in [-0.2, -0.15) is 0 Å². The number of hydrogen-bond donors (Lipinski definition) is 2. The summed E-state index contributed by atoms with van der Waals surface area (Å²) in [5.41, 5.74) is 1.26. The highest BCUT2D eigenvalue weighted by Gasteiger charge is 2.07. The van der Waals surface area contributed by atoms with Gasteiger partial charge in [-0.25, -0.2) is 4.39 Å². The second-order valence-electron chi connectivity index (χ2n) is 5.08. The molecule has 1 atom stereocenters. The van der Waals surface area contributed by atoms with Crippen LogP contribution in [0.25, 0.3) is 0 Å². The fraction of sp³-hybridized carbons (Fsp3) is 0.312. The molecule has 0 aliphatic carbocycles. The van der Waals surface area contributed by atoms with E-state index in [0.717, 1.165) is 18.6 Å². The largest absolute Gasteiger partial charge is 0.469 e. The maximum Gasteiger partial charge on any atom is 0.170 e. The third kappa shape index (κ3) is 4.86. The van der Waals surface area contributed by atoms with Crippen molar-refractivity contribution in [3.8, 4) is 0 Å². The van der Waals surface area contributed by atoms with Crippen LogP contribution in [0.3, 0.4) is 0 Å². The van der Waals surface area contributed by atoms with Crippen LogP contribution in [0.1, 0.15) is 24.7 Å². The quantitative estimate of drug-likeness (QED) is 0.818. The topological polar surface area (TPSA) is 37.2 Å². The number of anilines is 1. The van der Waals surface area contributed by atoms with Gasteiger partial charge in [0.1, 0.15) is 11.6 Å². The second kappa shape index (κ2) is 7.22. The first-order chi connectivity index (χ1) is 10.0. The second-order valence-corrected chi connectivity index (χ2v) is 5.49. The average Bonchev–Trinajstić information content (AvgIpc) is 2.94. The minimum Gasteiger partial charge on any atom is -0.469 e. The fourth-order valence-corrected chi connectivity index (χ4v) is 2.27. The zero-order chi connectivity index (χ0) is 15.2. The molecule has 1 aromatic heterocycles. The van der Waals surface area contributed by atoms with Gasteiger partial charge in [0.15, 0.2) is 5.11 Å². The van der Waals surface area contributed by atoms with Crippen LogP contribution in [-0.4, -0.2) is 11.2 Å². The lowest BCUT2D eigenvalue weighted by atomic mass is 10.1. The van der Waals surface area contributed by atoms with Gasteiger partial charge in [-0.1, -0.05) is 6.07 Å². The molecular weight excluding hydrogens is 287 g/mol. The van der Waals surface area contributed by atoms with E-state index in [2.05, 4.69) is 10.6 Å². The van der Waals surface area contributed by atoms with E-state index in [1.165, 1.54) is 6.07 Å². The Hall–Kier alpha value is -1.88. The standard InChI is InChI=1S/C16H19FN2OS/c1-11-5-7-13(10-15(11)17)19-16(21)18-12(2)6-8-14-4-3-9-20-14/h3-5,7,9-10,12H,6,8H2,1-2H3,(H2,18,19,21)/t12-/m0/s1. The van der Waals surface area contributed by atoms with Gasteiger partial charge in [-0.3, -0.25) is 0 Å². The first-order valence-corrected chi connectivity index (χ1v) is 7.31. The molecule has 0 spiro atoms. The number of furan rings is 1. The Labute approximate surface area is 129 Å². The highest BCUT2D eigenvalue weighted by molar-refractivity contribution is 7.80. The van der Waals surface area contributed by atoms with Gasteiger partial charge >= 0.3 is 0 Å². The molecule has 0 aliphatic heterocycles. The molecule has 0 bridgehead atoms. The third-order valence-electron chi connectivity index (χ3n) is 3.21. The summed E-state index contributed by atoms with van der Waals surface area (Å²) in [6.07, 6.45) is 3.42. The summed E-state index contributed by atoms with van der Waals surface area (Å²) in [6, 6.07) is 9.01. The normalized spacial score (nSPS) is 12.0. The molecule has 0 radical (unpaired) electrons. The summed E-state index contributed by atoms with van der Waals surface area (Å²) >= 11 is 5.23. The monoisotopic (exact) mass is 306 g/mol. The lowest BCUT2D eigenvalue weighted by Gasteiger charge is -2.16. The summed E-state index contributed by atoms with van der Waals surface area (Å²) < 4.78 is 18.7. The van der Waals surface area contributed by atoms with Crippen LogP contribution >= 0.6 is 12.2 Å². The average molecular weight is 306 g/mol. The number of aryl methyl sites for hydroxylation is 2. The van der Waals surface area contributed by atoms with Crippen LogP contribution in [0.2, 0.25) is 0 Å². The van der Waals surface area contributed by atoms with Gasteiger partial charge in [-0.15, -0.1) is 0 Å². The highest BCUT2D eigenvalue weighted by Crippen LogP contribution is 2.13. The van der Waals surface area contributed by atoms with Crippen molar-refractivity contribution in [3.05, 3.63) is 53.7 Å². The summed E-state index contributed by atoms with van der Waals surface area (Å²) in [5.74, 6) is 0.719. The van der Waals surface area contributed by atoms with E-state index in [4.69, 9.17) is 16.6 Å². The first kappa shape index (κ1) is 15.5. The van der Waals surface area contributed by atoms with E-state index in [1.807, 2.05) is 19.1 Å². The van der Waals surface area contributed by atoms with Crippen molar-refractivity contribution in [2.24, 2.45) is 0 Å². The van der Waals surface area contributed by atoms with Crippen molar-refractivity contribution >= 4 is 23.0 Å². The Kier molecular flexibility index (Phi) is 5.33. The van der Waals surface area contributed by atoms with Crippen LogP contribution < -0.4 is 10.6 Å². The molecule has 0 fully saturated rings. The molecule has 3 nitrogen and oxygen atoms in total. The van der Waals surface area contributed by atoms with Gasteiger partial charge < -0.3 is 15.1 Å². The molecule has 2 N–H and O–H groups in total. The lowest BCUT2D eigenvalue weighted by Crippen LogP contribution is -2.36. The molecule has 0 aliphatic rings. The zero-order valence-electron chi connectivity index (χ0n) is 12.2. The molecule has 21 heavy (non-hydrogen) atoms. The molecular formula is C16H19FN2OS. The lowest BCUT2D eigenvalue weighted by molar-refractivity contribution is 0.483. The molecule has 5 heteroatoms. The van der Waals surface area contributed by atoms with E-state index < -0.39 is 0 Å². The number of rotatable bonds is 5. The molecule has 0 unspecified atom stereocenters. The van der Waals surface area contributed by atoms with Crippen molar-refractivity contribution in [1.82, 2.24) is 5.32 Å². The number of nitrogens with one attached hydrogen (secondary N) is 2. The number of hydrogen-bond acceptors (Lipinski definition) is 2. The third-order valence-corrected chi connectivity index (χ3v) is 3.43. The van der Waals surface area contributed by atoms with E-state index in [-0.39, 0.29) is 11.9 Å². The molecule has 1 aromatic carbocycles. The molecule has 2 aromatic rings. The van der Waals surface area contributed by atoms with Crippen LogP contribution in [0.4, 0.5) is 10.1 Å². The Balaban J connectivity index is 1.79. The Bertz CT molecular complexity index is 598. The zero-order valence-corrected chi connectivity index (χ0v) is 13.0. The van der Waals surface area contributed by atoms with Crippen LogP contribution in [-0.2, 0) is 6.42 Å². The Morgan fingerprint density at radius 1 is 1.38 bits per heavy atom. The van der Waals surface area contributed by atoms with Crippen molar-refractivity contribution in [3.63, 3.8) is 0 Å². The van der Waals surface area contributed by atoms with Crippen molar-refractivity contribution in [2.75, 3.05) is 5.32 Å². The van der Waals surface area contributed by atoms with Gasteiger partial charge in [0, 0.05) is 18.2 Å². The van der Waals surface area contributed by atoms with Crippen LogP contribution in [0, 0.1) is 12.7 Å². The van der Waals surface area contributed by atoms with Gasteiger partial charge in [0.2, 0.25) is 0 Å². The van der Waals surface area contributed by atoms with Crippen LogP contribution in [0.5, 0.6) is 0 Å². The molecule has 0 saturated carbocycles. The van der Waals surface area contributed by atoms with Gasteiger partial charge in [-0.05, 0) is 62.3 Å². The summed E-state index contributed by atoms with van der Waals surface area (Å²) in [6.45, 7) is 3.78. The maximum atomic E-state index is 13.5. The molecule has 1 heterocycles. The fourth-order valence-electron chi connectivity index (χ4n) is 1.95. The minimum atomic E-state index is -0.242. The number of halogens is 1. The van der Waals surface area contributed by atoms with E-state index >= 15 is 0 Å². The molecule has 0 amide bonds. The SMILES string of the molecule is Cc1ccc(NC(=S)N[C@@H](C)CCc2ccco2)cc1F. The van der Waals surface area contributed by atoms with E-state index in [9.17, 15) is 4.39 Å². The predicted molar refractivity (Wildman–Crippen MR) is 87.0 cm³/mol. The van der Waals surface area contributed by atoms with Crippen molar-refractivity contribution in [1.29, 1.82) is 0 Å². The summed E-state index contributed by atoms with van der Waals surface area (Å²) in [5, 5.41) is 6.66. The van der Waals surface area contributed by atoms with Gasteiger partial charge in [0.25, 0.3) is 0 Å². The smallest absolute Gasteiger partial charge is 0.170 e. The summed E-state index contributed by atoms with van der Waals surface area (Å²) in [7, 11) is 0. The summed E-state index contributed by atoms with van der Waals surface area (Å²) in [4.78, 5) is 0. The van der Waals surface area contributed by atoms with Crippen molar-refractivity contribution in [2.45, 2.75) is 32.7 Å². The maximum absolute atomic E-state index is 13.5. The Morgan fingerprint density at radius 2 is 2.19 bits per heavy atom. The van der Waals surface area contributed by atoms with E-state index in [0.29, 0.717) is 16.4 Å². The van der Waals surface area contributed by atoms with Gasteiger partial charge in [0.05, 0.1) is 6.26 Å². The van der Waals surface area contributed by atoms with E-state index in [1.54, 1.807) is 25.3 Å². The molecule has 112 valence electrons. The minimum absolute atomic E-state index is 0.199. The number of thiocarbonyl (C=S) groups is 1.